The second kappa shape index (κ2) is 6.30. The molecule has 1 unspecified atom stereocenters. The molecule has 0 saturated carbocycles. The van der Waals surface area contributed by atoms with E-state index in [-0.39, 0.29) is 11.6 Å². The quantitative estimate of drug-likeness (QED) is 0.914. The SMILES string of the molecule is Cc1cnn(CCNC(C)c2ccccc2C(F)(F)F)c1. The van der Waals surface area contributed by atoms with E-state index in [0.29, 0.717) is 13.1 Å². The summed E-state index contributed by atoms with van der Waals surface area (Å²) in [6.07, 6.45) is -0.677. The number of halogens is 3. The van der Waals surface area contributed by atoms with Crippen LogP contribution in [-0.2, 0) is 12.7 Å². The zero-order valence-electron chi connectivity index (χ0n) is 12.0. The fourth-order valence-corrected chi connectivity index (χ4v) is 2.23. The second-order valence-electron chi connectivity index (χ2n) is 5.04. The first-order valence-corrected chi connectivity index (χ1v) is 6.76. The van der Waals surface area contributed by atoms with Gasteiger partial charge in [-0.15, -0.1) is 0 Å². The van der Waals surface area contributed by atoms with Gasteiger partial charge < -0.3 is 5.32 Å². The monoisotopic (exact) mass is 297 g/mol. The zero-order chi connectivity index (χ0) is 15.5. The lowest BCUT2D eigenvalue weighted by molar-refractivity contribution is -0.138. The van der Waals surface area contributed by atoms with E-state index in [0.717, 1.165) is 11.6 Å². The van der Waals surface area contributed by atoms with Crippen molar-refractivity contribution in [3.63, 3.8) is 0 Å². The molecule has 0 bridgehead atoms. The van der Waals surface area contributed by atoms with Crippen molar-refractivity contribution >= 4 is 0 Å². The van der Waals surface area contributed by atoms with E-state index in [2.05, 4.69) is 10.4 Å². The van der Waals surface area contributed by atoms with Crippen LogP contribution in [0.4, 0.5) is 13.2 Å². The van der Waals surface area contributed by atoms with Crippen molar-refractivity contribution in [1.29, 1.82) is 0 Å². The predicted molar refractivity (Wildman–Crippen MR) is 74.8 cm³/mol. The normalized spacial score (nSPS) is 13.4. The number of hydrogen-bond donors (Lipinski definition) is 1. The molecule has 2 aromatic rings. The highest BCUT2D eigenvalue weighted by Gasteiger charge is 2.33. The minimum Gasteiger partial charge on any atom is -0.308 e. The van der Waals surface area contributed by atoms with Crippen LogP contribution in [-0.4, -0.2) is 16.3 Å². The van der Waals surface area contributed by atoms with Crippen molar-refractivity contribution in [3.8, 4) is 0 Å². The van der Waals surface area contributed by atoms with E-state index < -0.39 is 11.7 Å². The van der Waals surface area contributed by atoms with E-state index in [1.165, 1.54) is 12.1 Å². The molecule has 0 aliphatic carbocycles. The van der Waals surface area contributed by atoms with Gasteiger partial charge in [0.2, 0.25) is 0 Å². The van der Waals surface area contributed by atoms with Crippen LogP contribution in [0.3, 0.4) is 0 Å². The van der Waals surface area contributed by atoms with Crippen LogP contribution in [0.5, 0.6) is 0 Å². The molecule has 1 aromatic carbocycles. The molecule has 3 nitrogen and oxygen atoms in total. The summed E-state index contributed by atoms with van der Waals surface area (Å²) >= 11 is 0. The van der Waals surface area contributed by atoms with Crippen molar-refractivity contribution in [1.82, 2.24) is 15.1 Å². The third-order valence-corrected chi connectivity index (χ3v) is 3.29. The van der Waals surface area contributed by atoms with Crippen molar-refractivity contribution < 1.29 is 13.2 Å². The number of benzene rings is 1. The number of nitrogens with one attached hydrogen (secondary N) is 1. The van der Waals surface area contributed by atoms with Gasteiger partial charge in [-0.05, 0) is 31.0 Å². The number of aromatic nitrogens is 2. The smallest absolute Gasteiger partial charge is 0.308 e. The predicted octanol–water partition coefficient (Wildman–Crippen LogP) is 3.56. The summed E-state index contributed by atoms with van der Waals surface area (Å²) < 4.78 is 40.6. The van der Waals surface area contributed by atoms with Crippen LogP contribution in [0.1, 0.15) is 29.7 Å². The standard InChI is InChI=1S/C15H18F3N3/c1-11-9-20-21(10-11)8-7-19-12(2)13-5-3-4-6-14(13)15(16,17)18/h3-6,9-10,12,19H,7-8H2,1-2H3. The molecule has 1 N–H and O–H groups in total. The van der Waals surface area contributed by atoms with Gasteiger partial charge in [-0.2, -0.15) is 18.3 Å². The Morgan fingerprint density at radius 3 is 2.62 bits per heavy atom. The van der Waals surface area contributed by atoms with Crippen LogP contribution in [0, 0.1) is 6.92 Å². The topological polar surface area (TPSA) is 29.9 Å². The van der Waals surface area contributed by atoms with Crippen molar-refractivity contribution in [2.75, 3.05) is 6.54 Å². The Balaban J connectivity index is 1.99. The lowest BCUT2D eigenvalue weighted by atomic mass is 10.0. The minimum atomic E-state index is -4.33. The van der Waals surface area contributed by atoms with Crippen LogP contribution in [0.2, 0.25) is 0 Å². The highest BCUT2D eigenvalue weighted by Crippen LogP contribution is 2.34. The summed E-state index contributed by atoms with van der Waals surface area (Å²) in [7, 11) is 0. The van der Waals surface area contributed by atoms with E-state index in [1.807, 2.05) is 13.1 Å². The first kappa shape index (κ1) is 15.6. The molecule has 1 aromatic heterocycles. The fraction of sp³-hybridized carbons (Fsp3) is 0.400. The lowest BCUT2D eigenvalue weighted by Gasteiger charge is -2.19. The molecule has 0 radical (unpaired) electrons. The third kappa shape index (κ3) is 4.07. The first-order chi connectivity index (χ1) is 9.88. The Morgan fingerprint density at radius 2 is 2.00 bits per heavy atom. The Hall–Kier alpha value is -1.82. The van der Waals surface area contributed by atoms with Gasteiger partial charge in [-0.25, -0.2) is 0 Å². The molecule has 1 atom stereocenters. The largest absolute Gasteiger partial charge is 0.416 e. The molecule has 6 heteroatoms. The number of alkyl halides is 3. The van der Waals surface area contributed by atoms with Crippen LogP contribution in [0.25, 0.3) is 0 Å². The lowest BCUT2D eigenvalue weighted by Crippen LogP contribution is -2.25. The Labute approximate surface area is 121 Å². The van der Waals surface area contributed by atoms with Crippen LogP contribution >= 0.6 is 0 Å². The summed E-state index contributed by atoms with van der Waals surface area (Å²) in [6.45, 7) is 4.85. The Morgan fingerprint density at radius 1 is 1.29 bits per heavy atom. The zero-order valence-corrected chi connectivity index (χ0v) is 12.0. The van der Waals surface area contributed by atoms with E-state index in [9.17, 15) is 13.2 Å². The number of nitrogens with zero attached hydrogens (tertiary/aromatic N) is 2. The van der Waals surface area contributed by atoms with Gasteiger partial charge >= 0.3 is 6.18 Å². The van der Waals surface area contributed by atoms with Gasteiger partial charge in [-0.1, -0.05) is 18.2 Å². The Kier molecular flexibility index (Phi) is 4.67. The summed E-state index contributed by atoms with van der Waals surface area (Å²) in [5, 5.41) is 7.25. The molecule has 0 amide bonds. The van der Waals surface area contributed by atoms with Crippen molar-refractivity contribution in [3.05, 3.63) is 53.3 Å². The van der Waals surface area contributed by atoms with Gasteiger partial charge in [0.25, 0.3) is 0 Å². The maximum atomic E-state index is 13.0. The average molecular weight is 297 g/mol. The van der Waals surface area contributed by atoms with Crippen molar-refractivity contribution in [2.24, 2.45) is 0 Å². The number of aryl methyl sites for hydroxylation is 1. The highest BCUT2D eigenvalue weighted by atomic mass is 19.4. The summed E-state index contributed by atoms with van der Waals surface area (Å²) in [6, 6.07) is 5.29. The Bertz CT molecular complexity index is 590. The van der Waals surface area contributed by atoms with Crippen LogP contribution in [0.15, 0.2) is 36.7 Å². The van der Waals surface area contributed by atoms with Gasteiger partial charge in [-0.3, -0.25) is 4.68 Å². The van der Waals surface area contributed by atoms with E-state index >= 15 is 0 Å². The highest BCUT2D eigenvalue weighted by molar-refractivity contribution is 5.32. The maximum Gasteiger partial charge on any atom is 0.416 e. The molecule has 0 saturated heterocycles. The molecule has 2 rings (SSSR count). The van der Waals surface area contributed by atoms with Gasteiger partial charge in [0.1, 0.15) is 0 Å². The van der Waals surface area contributed by atoms with Crippen LogP contribution < -0.4 is 5.32 Å². The van der Waals surface area contributed by atoms with Gasteiger partial charge in [0.05, 0.1) is 18.3 Å². The molecule has 0 aliphatic rings. The average Bonchev–Trinajstić information content (AvgIpc) is 2.83. The van der Waals surface area contributed by atoms with Gasteiger partial charge in [0.15, 0.2) is 0 Å². The molecule has 0 spiro atoms. The number of rotatable bonds is 5. The second-order valence-corrected chi connectivity index (χ2v) is 5.04. The molecular formula is C15H18F3N3. The summed E-state index contributed by atoms with van der Waals surface area (Å²) in [5.41, 5.74) is 0.743. The maximum absolute atomic E-state index is 13.0. The number of hydrogen-bond acceptors (Lipinski definition) is 2. The third-order valence-electron chi connectivity index (χ3n) is 3.29. The molecule has 21 heavy (non-hydrogen) atoms. The first-order valence-electron chi connectivity index (χ1n) is 6.76. The van der Waals surface area contributed by atoms with Gasteiger partial charge in [0, 0.05) is 18.8 Å². The molecule has 114 valence electrons. The molecule has 0 aliphatic heterocycles. The molecular weight excluding hydrogens is 279 g/mol. The fourth-order valence-electron chi connectivity index (χ4n) is 2.23. The van der Waals surface area contributed by atoms with E-state index in [1.54, 1.807) is 23.9 Å². The minimum absolute atomic E-state index is 0.265. The van der Waals surface area contributed by atoms with Crippen molar-refractivity contribution in [2.45, 2.75) is 32.6 Å². The summed E-state index contributed by atoms with van der Waals surface area (Å²) in [4.78, 5) is 0. The molecule has 1 heterocycles. The molecule has 0 fully saturated rings. The van der Waals surface area contributed by atoms with E-state index in [4.69, 9.17) is 0 Å². The summed E-state index contributed by atoms with van der Waals surface area (Å²) in [5.74, 6) is 0.